The first-order valence-electron chi connectivity index (χ1n) is 7.44. The standard InChI is InChI=1S/C17H17N5O2/c1-11-5-7-12(8-6-11)10-19-17(23)16-15(21-24)14-13(22(2)20-16)4-3-9-18-14/h3-9,24H,10H2,1-2H3,(H,19,23)/b21-15-. The van der Waals surface area contributed by atoms with Crippen molar-refractivity contribution in [1.29, 1.82) is 0 Å². The summed E-state index contributed by atoms with van der Waals surface area (Å²) in [5, 5.41) is 19.6. The molecule has 2 aromatic heterocycles. The number of aryl methyl sites for hydroxylation is 2. The molecule has 1 aromatic carbocycles. The van der Waals surface area contributed by atoms with Crippen molar-refractivity contribution in [3.8, 4) is 0 Å². The second kappa shape index (κ2) is 6.49. The minimum Gasteiger partial charge on any atom is -0.410 e. The Balaban J connectivity index is 1.93. The van der Waals surface area contributed by atoms with E-state index in [1.165, 1.54) is 4.68 Å². The average Bonchev–Trinajstić information content (AvgIpc) is 2.61. The molecule has 0 saturated carbocycles. The van der Waals surface area contributed by atoms with Crippen LogP contribution in [-0.4, -0.2) is 25.9 Å². The van der Waals surface area contributed by atoms with E-state index < -0.39 is 5.91 Å². The molecule has 2 heterocycles. The predicted molar refractivity (Wildman–Crippen MR) is 88.2 cm³/mol. The third-order valence-corrected chi connectivity index (χ3v) is 3.72. The Morgan fingerprint density at radius 1 is 1.29 bits per heavy atom. The number of amides is 1. The Kier molecular flexibility index (Phi) is 4.24. The fraction of sp³-hybridized carbons (Fsp3) is 0.176. The van der Waals surface area contributed by atoms with Crippen LogP contribution in [0.5, 0.6) is 0 Å². The first-order chi connectivity index (χ1) is 11.6. The number of fused-ring (bicyclic) bond motifs is 1. The van der Waals surface area contributed by atoms with Crippen LogP contribution in [-0.2, 0) is 13.6 Å². The lowest BCUT2D eigenvalue weighted by Crippen LogP contribution is -2.32. The molecule has 0 aliphatic heterocycles. The summed E-state index contributed by atoms with van der Waals surface area (Å²) in [6.45, 7) is 2.36. The molecule has 0 aliphatic carbocycles. The molecule has 0 unspecified atom stereocenters. The van der Waals surface area contributed by atoms with E-state index in [1.807, 2.05) is 31.2 Å². The van der Waals surface area contributed by atoms with Crippen molar-refractivity contribution >= 4 is 16.9 Å². The largest absolute Gasteiger partial charge is 0.410 e. The molecule has 1 amide bonds. The number of pyridine rings is 1. The number of hydrogen-bond acceptors (Lipinski definition) is 5. The molecule has 0 atom stereocenters. The van der Waals surface area contributed by atoms with Crippen LogP contribution in [0.4, 0.5) is 0 Å². The molecule has 0 bridgehead atoms. The van der Waals surface area contributed by atoms with Crippen molar-refractivity contribution in [2.24, 2.45) is 12.2 Å². The molecule has 0 spiro atoms. The van der Waals surface area contributed by atoms with Crippen molar-refractivity contribution in [3.05, 3.63) is 64.8 Å². The highest BCUT2D eigenvalue weighted by molar-refractivity contribution is 5.94. The zero-order valence-electron chi connectivity index (χ0n) is 13.4. The summed E-state index contributed by atoms with van der Waals surface area (Å²) in [5.41, 5.74) is 3.23. The molecular formula is C17H17N5O2. The highest BCUT2D eigenvalue weighted by Crippen LogP contribution is 2.06. The lowest BCUT2D eigenvalue weighted by molar-refractivity contribution is 0.0941. The number of carbonyl (C=O) groups excluding carboxylic acids is 1. The number of nitrogens with zero attached hydrogens (tertiary/aromatic N) is 4. The summed E-state index contributed by atoms with van der Waals surface area (Å²) in [4.78, 5) is 16.7. The summed E-state index contributed by atoms with van der Waals surface area (Å²) < 4.78 is 1.54. The van der Waals surface area contributed by atoms with Gasteiger partial charge in [0, 0.05) is 19.8 Å². The SMILES string of the molecule is Cc1ccc(CNC(=O)c2nn(C)c3cccnc3/c2=N/O)cc1. The molecule has 0 radical (unpaired) electrons. The van der Waals surface area contributed by atoms with Crippen LogP contribution in [0.25, 0.3) is 11.0 Å². The normalized spacial score (nSPS) is 11.7. The zero-order chi connectivity index (χ0) is 17.1. The van der Waals surface area contributed by atoms with E-state index in [0.29, 0.717) is 17.6 Å². The third kappa shape index (κ3) is 2.96. The minimum atomic E-state index is -0.425. The fourth-order valence-electron chi connectivity index (χ4n) is 2.42. The van der Waals surface area contributed by atoms with Crippen LogP contribution in [0.15, 0.2) is 47.8 Å². The number of rotatable bonds is 3. The number of nitrogens with one attached hydrogen (secondary N) is 1. The van der Waals surface area contributed by atoms with Gasteiger partial charge in [0.15, 0.2) is 11.1 Å². The molecule has 3 rings (SSSR count). The smallest absolute Gasteiger partial charge is 0.274 e. The zero-order valence-corrected chi connectivity index (χ0v) is 13.4. The molecule has 7 nitrogen and oxygen atoms in total. The Morgan fingerprint density at radius 2 is 2.04 bits per heavy atom. The van der Waals surface area contributed by atoms with Crippen LogP contribution in [0.3, 0.4) is 0 Å². The number of aromatic nitrogens is 3. The molecule has 0 saturated heterocycles. The lowest BCUT2D eigenvalue weighted by atomic mass is 10.1. The third-order valence-electron chi connectivity index (χ3n) is 3.72. The van der Waals surface area contributed by atoms with Gasteiger partial charge in [-0.05, 0) is 24.6 Å². The molecule has 7 heteroatoms. The topological polar surface area (TPSA) is 92.4 Å². The summed E-state index contributed by atoms with van der Waals surface area (Å²) in [5.74, 6) is -0.425. The van der Waals surface area contributed by atoms with Crippen molar-refractivity contribution in [2.75, 3.05) is 0 Å². The van der Waals surface area contributed by atoms with Crippen LogP contribution >= 0.6 is 0 Å². The van der Waals surface area contributed by atoms with E-state index in [2.05, 4.69) is 20.6 Å². The van der Waals surface area contributed by atoms with Gasteiger partial charge in [-0.15, -0.1) is 0 Å². The van der Waals surface area contributed by atoms with E-state index >= 15 is 0 Å². The molecule has 122 valence electrons. The van der Waals surface area contributed by atoms with Gasteiger partial charge in [0.1, 0.15) is 5.52 Å². The van der Waals surface area contributed by atoms with Gasteiger partial charge in [0.25, 0.3) is 5.91 Å². The van der Waals surface area contributed by atoms with E-state index in [1.54, 1.807) is 25.4 Å². The second-order valence-electron chi connectivity index (χ2n) is 5.46. The fourth-order valence-corrected chi connectivity index (χ4v) is 2.42. The maximum absolute atomic E-state index is 12.5. The molecule has 24 heavy (non-hydrogen) atoms. The average molecular weight is 323 g/mol. The summed E-state index contributed by atoms with van der Waals surface area (Å²) in [7, 11) is 1.71. The summed E-state index contributed by atoms with van der Waals surface area (Å²) in [6, 6.07) is 11.4. The van der Waals surface area contributed by atoms with Crippen LogP contribution in [0.2, 0.25) is 0 Å². The number of carbonyl (C=O) groups is 1. The molecular weight excluding hydrogens is 306 g/mol. The van der Waals surface area contributed by atoms with E-state index in [4.69, 9.17) is 0 Å². The Labute approximate surface area is 138 Å². The van der Waals surface area contributed by atoms with Gasteiger partial charge in [-0.3, -0.25) is 14.5 Å². The van der Waals surface area contributed by atoms with Gasteiger partial charge in [-0.25, -0.2) is 0 Å². The molecule has 2 N–H and O–H groups in total. The quantitative estimate of drug-likeness (QED) is 0.564. The minimum absolute atomic E-state index is 0.0262. The van der Waals surface area contributed by atoms with Gasteiger partial charge < -0.3 is 10.5 Å². The number of hydrogen-bond donors (Lipinski definition) is 2. The number of benzene rings is 1. The predicted octanol–water partition coefficient (Wildman–Crippen LogP) is 1.50. The Bertz CT molecular complexity index is 961. The summed E-state index contributed by atoms with van der Waals surface area (Å²) >= 11 is 0. The second-order valence-corrected chi connectivity index (χ2v) is 5.46. The van der Waals surface area contributed by atoms with Gasteiger partial charge in [-0.1, -0.05) is 35.0 Å². The van der Waals surface area contributed by atoms with Crippen molar-refractivity contribution in [3.63, 3.8) is 0 Å². The highest BCUT2D eigenvalue weighted by atomic mass is 16.4. The van der Waals surface area contributed by atoms with E-state index in [9.17, 15) is 10.0 Å². The Hall–Kier alpha value is -3.22. The molecule has 0 fully saturated rings. The maximum atomic E-state index is 12.5. The van der Waals surface area contributed by atoms with Crippen LogP contribution in [0.1, 0.15) is 21.6 Å². The first kappa shape index (κ1) is 15.7. The molecule has 3 aromatic rings. The van der Waals surface area contributed by atoms with E-state index in [-0.39, 0.29) is 11.1 Å². The van der Waals surface area contributed by atoms with Crippen molar-refractivity contribution in [1.82, 2.24) is 20.1 Å². The van der Waals surface area contributed by atoms with Crippen molar-refractivity contribution in [2.45, 2.75) is 13.5 Å². The van der Waals surface area contributed by atoms with Gasteiger partial charge in [0.05, 0.1) is 5.52 Å². The van der Waals surface area contributed by atoms with Gasteiger partial charge >= 0.3 is 0 Å². The highest BCUT2D eigenvalue weighted by Gasteiger charge is 2.16. The van der Waals surface area contributed by atoms with E-state index in [0.717, 1.165) is 11.1 Å². The van der Waals surface area contributed by atoms with Gasteiger partial charge in [-0.2, -0.15) is 5.10 Å². The maximum Gasteiger partial charge on any atom is 0.274 e. The molecule has 0 aliphatic rings. The first-order valence-corrected chi connectivity index (χ1v) is 7.44. The Morgan fingerprint density at radius 3 is 2.75 bits per heavy atom. The van der Waals surface area contributed by atoms with Crippen molar-refractivity contribution < 1.29 is 10.0 Å². The monoisotopic (exact) mass is 323 g/mol. The van der Waals surface area contributed by atoms with Crippen LogP contribution < -0.4 is 10.7 Å². The van der Waals surface area contributed by atoms with Gasteiger partial charge in [0.2, 0.25) is 0 Å². The summed E-state index contributed by atoms with van der Waals surface area (Å²) in [6.07, 6.45) is 1.57. The van der Waals surface area contributed by atoms with Crippen LogP contribution in [0, 0.1) is 6.92 Å². The lowest BCUT2D eigenvalue weighted by Gasteiger charge is -2.09.